The molecule has 1 aromatic heterocycles. The highest BCUT2D eigenvalue weighted by atomic mass is 16.5. The van der Waals surface area contributed by atoms with E-state index in [2.05, 4.69) is 17.2 Å². The van der Waals surface area contributed by atoms with Crippen molar-refractivity contribution in [1.29, 1.82) is 0 Å². The summed E-state index contributed by atoms with van der Waals surface area (Å²) < 4.78 is 11.5. The Hall–Kier alpha value is -1.97. The van der Waals surface area contributed by atoms with Crippen LogP contribution in [0.4, 0.5) is 5.69 Å². The summed E-state index contributed by atoms with van der Waals surface area (Å²) in [7, 11) is 1.93. The molecule has 2 aromatic rings. The lowest BCUT2D eigenvalue weighted by atomic mass is 10.1. The molecule has 1 N–H and O–H groups in total. The summed E-state index contributed by atoms with van der Waals surface area (Å²) in [6.07, 6.45) is 0.912. The number of aryl methyl sites for hydroxylation is 1. The Balaban J connectivity index is 2.29. The van der Waals surface area contributed by atoms with Gasteiger partial charge in [-0.2, -0.15) is 0 Å². The number of pyridine rings is 1. The first-order valence-corrected chi connectivity index (χ1v) is 6.59. The number of rotatable bonds is 1. The zero-order valence-electron chi connectivity index (χ0n) is 11.5. The van der Waals surface area contributed by atoms with E-state index in [4.69, 9.17) is 9.47 Å². The minimum absolute atomic E-state index is 0.697. The number of aromatic nitrogens is 1. The van der Waals surface area contributed by atoms with Crippen LogP contribution in [-0.2, 0) is 0 Å². The summed E-state index contributed by atoms with van der Waals surface area (Å²) in [6, 6.07) is 4.00. The summed E-state index contributed by atoms with van der Waals surface area (Å²) in [6.45, 7) is 5.50. The van der Waals surface area contributed by atoms with Gasteiger partial charge in [0.25, 0.3) is 0 Å². The van der Waals surface area contributed by atoms with Gasteiger partial charge in [0.15, 0.2) is 11.5 Å². The van der Waals surface area contributed by atoms with Crippen molar-refractivity contribution in [3.8, 4) is 11.5 Å². The SMILES string of the molecule is CNc1c(C)c(C)nc2cc3c(cc12)OCCCO3. The van der Waals surface area contributed by atoms with Crippen molar-refractivity contribution in [1.82, 2.24) is 4.98 Å². The molecule has 4 heteroatoms. The van der Waals surface area contributed by atoms with Crippen molar-refractivity contribution in [2.75, 3.05) is 25.6 Å². The van der Waals surface area contributed by atoms with Crippen molar-refractivity contribution >= 4 is 16.6 Å². The average molecular weight is 258 g/mol. The third kappa shape index (κ3) is 1.97. The van der Waals surface area contributed by atoms with E-state index in [9.17, 15) is 0 Å². The number of nitrogens with one attached hydrogen (secondary N) is 1. The van der Waals surface area contributed by atoms with E-state index in [1.165, 1.54) is 5.56 Å². The molecule has 0 saturated carbocycles. The van der Waals surface area contributed by atoms with Gasteiger partial charge in [0.05, 0.1) is 18.7 Å². The Morgan fingerprint density at radius 2 is 1.79 bits per heavy atom. The predicted octanol–water partition coefficient (Wildman–Crippen LogP) is 3.05. The number of benzene rings is 1. The molecule has 1 aromatic carbocycles. The van der Waals surface area contributed by atoms with Crippen LogP contribution in [0.2, 0.25) is 0 Å². The molecule has 0 atom stereocenters. The van der Waals surface area contributed by atoms with Gasteiger partial charge in [-0.25, -0.2) is 0 Å². The number of anilines is 1. The first kappa shape index (κ1) is 12.1. The van der Waals surface area contributed by atoms with Crippen molar-refractivity contribution in [3.05, 3.63) is 23.4 Å². The van der Waals surface area contributed by atoms with Crippen LogP contribution in [0.3, 0.4) is 0 Å². The Morgan fingerprint density at radius 3 is 2.47 bits per heavy atom. The second-order valence-electron chi connectivity index (χ2n) is 4.81. The molecule has 3 rings (SSSR count). The zero-order chi connectivity index (χ0) is 13.4. The van der Waals surface area contributed by atoms with Crippen LogP contribution < -0.4 is 14.8 Å². The van der Waals surface area contributed by atoms with Gasteiger partial charge in [-0.1, -0.05) is 0 Å². The van der Waals surface area contributed by atoms with Gasteiger partial charge >= 0.3 is 0 Å². The second kappa shape index (κ2) is 4.61. The van der Waals surface area contributed by atoms with E-state index in [1.54, 1.807) is 0 Å². The molecule has 0 spiro atoms. The van der Waals surface area contributed by atoms with Crippen LogP contribution >= 0.6 is 0 Å². The highest BCUT2D eigenvalue weighted by Crippen LogP contribution is 2.37. The van der Waals surface area contributed by atoms with E-state index in [0.717, 1.165) is 40.2 Å². The summed E-state index contributed by atoms with van der Waals surface area (Å²) in [5, 5.41) is 4.34. The average Bonchev–Trinajstić information content (AvgIpc) is 2.63. The summed E-state index contributed by atoms with van der Waals surface area (Å²) >= 11 is 0. The van der Waals surface area contributed by atoms with Crippen LogP contribution in [0.15, 0.2) is 12.1 Å². The highest BCUT2D eigenvalue weighted by molar-refractivity contribution is 5.95. The lowest BCUT2D eigenvalue weighted by Gasteiger charge is -2.14. The Bertz CT molecular complexity index is 638. The normalized spacial score (nSPS) is 14.3. The molecule has 0 fully saturated rings. The molecular formula is C15H18N2O2. The van der Waals surface area contributed by atoms with E-state index < -0.39 is 0 Å². The molecular weight excluding hydrogens is 240 g/mol. The summed E-state index contributed by atoms with van der Waals surface area (Å²) in [5.41, 5.74) is 4.26. The first-order valence-electron chi connectivity index (χ1n) is 6.59. The van der Waals surface area contributed by atoms with Crippen LogP contribution in [-0.4, -0.2) is 25.2 Å². The van der Waals surface area contributed by atoms with E-state index >= 15 is 0 Å². The van der Waals surface area contributed by atoms with Crippen LogP contribution in [0.5, 0.6) is 11.5 Å². The Morgan fingerprint density at radius 1 is 1.11 bits per heavy atom. The zero-order valence-corrected chi connectivity index (χ0v) is 11.5. The summed E-state index contributed by atoms with van der Waals surface area (Å²) in [4.78, 5) is 4.65. The molecule has 1 aliphatic rings. The molecule has 19 heavy (non-hydrogen) atoms. The maximum absolute atomic E-state index is 5.75. The maximum atomic E-state index is 5.75. The number of hydrogen-bond donors (Lipinski definition) is 1. The van der Waals surface area contributed by atoms with Crippen LogP contribution in [0.1, 0.15) is 17.7 Å². The third-order valence-corrected chi connectivity index (χ3v) is 3.59. The largest absolute Gasteiger partial charge is 0.490 e. The van der Waals surface area contributed by atoms with Crippen LogP contribution in [0, 0.1) is 13.8 Å². The van der Waals surface area contributed by atoms with E-state index in [0.29, 0.717) is 13.2 Å². The minimum Gasteiger partial charge on any atom is -0.490 e. The lowest BCUT2D eigenvalue weighted by Crippen LogP contribution is -2.00. The molecule has 0 radical (unpaired) electrons. The van der Waals surface area contributed by atoms with Crippen LogP contribution in [0.25, 0.3) is 10.9 Å². The predicted molar refractivity (Wildman–Crippen MR) is 76.4 cm³/mol. The van der Waals surface area contributed by atoms with Gasteiger partial charge in [-0.05, 0) is 25.5 Å². The quantitative estimate of drug-likeness (QED) is 0.853. The van der Waals surface area contributed by atoms with Gasteiger partial charge in [0.1, 0.15) is 0 Å². The van der Waals surface area contributed by atoms with Gasteiger partial charge in [0, 0.05) is 36.3 Å². The number of fused-ring (bicyclic) bond motifs is 2. The standard InChI is InChI=1S/C15H18N2O2/c1-9-10(2)17-12-8-14-13(18-5-4-6-19-14)7-11(12)15(9)16-3/h7-8H,4-6H2,1-3H3,(H,16,17). The number of ether oxygens (including phenoxy) is 2. The fraction of sp³-hybridized carbons (Fsp3) is 0.400. The first-order chi connectivity index (χ1) is 9.20. The molecule has 0 aliphatic carbocycles. The monoisotopic (exact) mass is 258 g/mol. The van der Waals surface area contributed by atoms with E-state index in [-0.39, 0.29) is 0 Å². The molecule has 0 bridgehead atoms. The smallest absolute Gasteiger partial charge is 0.163 e. The highest BCUT2D eigenvalue weighted by Gasteiger charge is 2.15. The third-order valence-electron chi connectivity index (χ3n) is 3.59. The summed E-state index contributed by atoms with van der Waals surface area (Å²) in [5.74, 6) is 1.61. The molecule has 4 nitrogen and oxygen atoms in total. The van der Waals surface area contributed by atoms with Crippen molar-refractivity contribution in [3.63, 3.8) is 0 Å². The molecule has 0 unspecified atom stereocenters. The number of hydrogen-bond acceptors (Lipinski definition) is 4. The maximum Gasteiger partial charge on any atom is 0.163 e. The Labute approximate surface area is 112 Å². The Kier molecular flexibility index (Phi) is 2.93. The molecule has 0 amide bonds. The van der Waals surface area contributed by atoms with Crippen molar-refractivity contribution < 1.29 is 9.47 Å². The fourth-order valence-electron chi connectivity index (χ4n) is 2.46. The van der Waals surface area contributed by atoms with Crippen molar-refractivity contribution in [2.45, 2.75) is 20.3 Å². The van der Waals surface area contributed by atoms with Gasteiger partial charge < -0.3 is 14.8 Å². The molecule has 100 valence electrons. The van der Waals surface area contributed by atoms with Gasteiger partial charge in [-0.15, -0.1) is 0 Å². The fourth-order valence-corrected chi connectivity index (χ4v) is 2.46. The minimum atomic E-state index is 0.697. The molecule has 2 heterocycles. The lowest BCUT2D eigenvalue weighted by molar-refractivity contribution is 0.297. The topological polar surface area (TPSA) is 43.4 Å². The van der Waals surface area contributed by atoms with E-state index in [1.807, 2.05) is 26.1 Å². The molecule has 1 aliphatic heterocycles. The van der Waals surface area contributed by atoms with Crippen molar-refractivity contribution in [2.24, 2.45) is 0 Å². The second-order valence-corrected chi connectivity index (χ2v) is 4.81. The van der Waals surface area contributed by atoms with Gasteiger partial charge in [0.2, 0.25) is 0 Å². The van der Waals surface area contributed by atoms with Gasteiger partial charge in [-0.3, -0.25) is 4.98 Å². The molecule has 0 saturated heterocycles. The number of nitrogens with zero attached hydrogens (tertiary/aromatic N) is 1.